The number of carbonyl (C=O) groups excluding carboxylic acids is 6. The zero-order valence-corrected chi connectivity index (χ0v) is 87.9. The Balaban J connectivity index is 0.000000178. The van der Waals surface area contributed by atoms with Gasteiger partial charge in [-0.2, -0.15) is 0 Å². The molecule has 14 aliphatic rings. The molecule has 14 fully saturated rings. The van der Waals surface area contributed by atoms with Crippen molar-refractivity contribution in [3.05, 3.63) is 0 Å². The van der Waals surface area contributed by atoms with Gasteiger partial charge in [0.25, 0.3) is 0 Å². The number of carbonyl (C=O) groups is 6. The van der Waals surface area contributed by atoms with Crippen LogP contribution in [-0.4, -0.2) is 184 Å². The van der Waals surface area contributed by atoms with E-state index in [2.05, 4.69) is 41.5 Å². The molecule has 0 N–H and O–H groups in total. The lowest BCUT2D eigenvalue weighted by molar-refractivity contribution is -0.300. The molecular weight excluding hydrogens is 1680 g/mol. The second-order valence-electron chi connectivity index (χ2n) is 47.7. The molecule has 24 heteroatoms. The molecule has 0 aromatic rings. The third-order valence-corrected chi connectivity index (χ3v) is 32.6. The monoisotopic (exact) mass is 1870 g/mol. The Hall–Kier alpha value is -3.66. The van der Waals surface area contributed by atoms with Crippen molar-refractivity contribution in [2.75, 3.05) is 52.9 Å². The van der Waals surface area contributed by atoms with Crippen LogP contribution in [0.15, 0.2) is 0 Å². The molecule has 0 amide bonds. The summed E-state index contributed by atoms with van der Waals surface area (Å²) in [6, 6.07) is 0. The van der Waals surface area contributed by atoms with E-state index in [4.69, 9.17) is 85.3 Å². The van der Waals surface area contributed by atoms with E-state index >= 15 is 0 Å². The minimum atomic E-state index is -0.467. The topological polar surface area (TPSA) is 269 Å². The molecule has 2 spiro atoms. The number of esters is 6. The fraction of sp³-hybridized carbons (Fsp3) is 0.944. The largest absolute Gasteiger partial charge is 0.465 e. The van der Waals surface area contributed by atoms with Gasteiger partial charge in [-0.1, -0.05) is 88.5 Å². The van der Waals surface area contributed by atoms with E-state index < -0.39 is 22.8 Å². The molecule has 18 atom stereocenters. The van der Waals surface area contributed by atoms with Crippen molar-refractivity contribution in [3.8, 4) is 0 Å². The number of ether oxygens (including phenoxy) is 18. The molecule has 0 bridgehead atoms. The van der Waals surface area contributed by atoms with Crippen molar-refractivity contribution in [3.63, 3.8) is 0 Å². The lowest BCUT2D eigenvalue weighted by Gasteiger charge is -2.43. The van der Waals surface area contributed by atoms with E-state index in [1.165, 1.54) is 51.4 Å². The van der Waals surface area contributed by atoms with E-state index in [-0.39, 0.29) is 147 Å². The first-order valence-electron chi connectivity index (χ1n) is 52.9. The SMILES string of the molecule is CCC(C)(C)C(=O)OCC1CCC2OC(C)(C)OC2C1.CCC(C)(C)C(=O)OCC1CCC2OC(C)(C3CCCC3)OC2C1.CCC(C)(C)C(=O)OCC1CCC2OC(C)(CC(C)C)OC2C1.CCC(C)(C)C(=O)OCC1CCC2OC3(CCCC3)OC2C1.CCC(C)(C)C(=O)OCC1COC2(CCC(C)CC2)OC1.CCCC1(C)OC2CCC(COC(=O)C(C)(C)CC)CC2O1. The van der Waals surface area contributed by atoms with Crippen LogP contribution in [-0.2, 0) is 114 Å². The number of fused-ring (bicyclic) bond motifs is 5. The van der Waals surface area contributed by atoms with Gasteiger partial charge in [0.2, 0.25) is 0 Å². The summed E-state index contributed by atoms with van der Waals surface area (Å²) in [5.41, 5.74) is -2.32. The molecule has 6 aliphatic heterocycles. The lowest BCUT2D eigenvalue weighted by atomic mass is 9.85. The summed E-state index contributed by atoms with van der Waals surface area (Å²) >= 11 is 0. The van der Waals surface area contributed by atoms with Crippen molar-refractivity contribution >= 4 is 35.8 Å². The van der Waals surface area contributed by atoms with E-state index in [1.54, 1.807) is 0 Å². The van der Waals surface area contributed by atoms with Crippen LogP contribution in [0.1, 0.15) is 418 Å². The smallest absolute Gasteiger partial charge is 0.311 e. The van der Waals surface area contributed by atoms with Crippen molar-refractivity contribution < 1.29 is 114 Å². The Morgan fingerprint density at radius 2 is 0.583 bits per heavy atom. The van der Waals surface area contributed by atoms with Crippen LogP contribution in [0.3, 0.4) is 0 Å². The molecular formula is C108H188O24. The molecule has 0 aromatic carbocycles. The highest BCUT2D eigenvalue weighted by atomic mass is 16.8. The minimum absolute atomic E-state index is 0.0759. The van der Waals surface area contributed by atoms with Gasteiger partial charge in [-0.15, -0.1) is 0 Å². The summed E-state index contributed by atoms with van der Waals surface area (Å²) in [5.74, 6) is 1.13. The number of hydrogen-bond donors (Lipinski definition) is 0. The molecule has 764 valence electrons. The maximum atomic E-state index is 12.2. The highest BCUT2D eigenvalue weighted by molar-refractivity contribution is 5.78. The van der Waals surface area contributed by atoms with Gasteiger partial charge in [-0.05, 0) is 332 Å². The summed E-state index contributed by atoms with van der Waals surface area (Å²) in [6.07, 6.45) is 38.6. The van der Waals surface area contributed by atoms with Gasteiger partial charge in [0, 0.05) is 50.4 Å². The Morgan fingerprint density at radius 1 is 0.311 bits per heavy atom. The van der Waals surface area contributed by atoms with Crippen LogP contribution < -0.4 is 0 Å². The molecule has 6 saturated heterocycles. The van der Waals surface area contributed by atoms with E-state index in [0.717, 1.165) is 186 Å². The van der Waals surface area contributed by atoms with E-state index in [9.17, 15) is 28.8 Å². The fourth-order valence-corrected chi connectivity index (χ4v) is 20.9. The molecule has 14 rings (SSSR count). The van der Waals surface area contributed by atoms with Crippen LogP contribution >= 0.6 is 0 Å². The van der Waals surface area contributed by atoms with Crippen LogP contribution in [0.25, 0.3) is 0 Å². The van der Waals surface area contributed by atoms with Crippen LogP contribution in [0.2, 0.25) is 0 Å². The zero-order valence-electron chi connectivity index (χ0n) is 87.9. The van der Waals surface area contributed by atoms with Gasteiger partial charge in [-0.25, -0.2) is 0 Å². The summed E-state index contributed by atoms with van der Waals surface area (Å²) in [4.78, 5) is 72.4. The fourth-order valence-electron chi connectivity index (χ4n) is 20.9. The van der Waals surface area contributed by atoms with Crippen LogP contribution in [0, 0.1) is 85.8 Å². The van der Waals surface area contributed by atoms with Crippen LogP contribution in [0.5, 0.6) is 0 Å². The molecule has 0 radical (unpaired) electrons. The lowest BCUT2D eigenvalue weighted by Crippen LogP contribution is -2.47. The minimum Gasteiger partial charge on any atom is -0.465 e. The molecule has 18 unspecified atom stereocenters. The Morgan fingerprint density at radius 3 is 0.932 bits per heavy atom. The van der Waals surface area contributed by atoms with Gasteiger partial charge in [0.15, 0.2) is 34.7 Å². The van der Waals surface area contributed by atoms with Crippen molar-refractivity contribution in [1.82, 2.24) is 0 Å². The predicted molar refractivity (Wildman–Crippen MR) is 508 cm³/mol. The molecule has 0 aromatic heterocycles. The van der Waals surface area contributed by atoms with Crippen molar-refractivity contribution in [2.45, 2.75) is 514 Å². The molecule has 8 saturated carbocycles. The van der Waals surface area contributed by atoms with Gasteiger partial charge >= 0.3 is 35.8 Å². The van der Waals surface area contributed by atoms with E-state index in [0.29, 0.717) is 94.3 Å². The standard InChI is InChI=1S/C20H34O4.C19H34O4.C18H30O4.C18H32O4.C17H30O4.C16H28O4/c1-5-19(2,3)18(21)22-13-14-10-11-16-17(12-14)24-20(4,23-16)15-8-6-7-9-15;1-7-18(4,5)17(20)21-12-14-8-9-15-16(10-14)23-19(6,22-15)11-13(2)3;1-4-17(2,3)16(19)20-12-13-7-8-14-15(11-13)22-18(21-14)9-5-6-10-18;1-6-10-18(5)21-14-9-8-13(11-15(14)22-18)12-20-16(19)17(3,4)7-2;1-5-16(3,4)15(18)19-10-14-11-20-17(21-12-14)8-6-13(2)7-9-17;1-6-15(2,3)14(17)18-10-11-7-8-12-13(9-11)20-16(4,5)19-12/h14-17H,5-13H2,1-4H3;13-16H,7-12H2,1-6H3;13-15H,4-12H2,1-3H3;13-15H,6-12H2,1-5H3;13-14H,5-12H2,1-4H3;11-13H,6-10H2,1-5H3. The maximum absolute atomic E-state index is 12.2. The first-order chi connectivity index (χ1) is 61.8. The Labute approximate surface area is 798 Å². The van der Waals surface area contributed by atoms with Gasteiger partial charge < -0.3 is 85.3 Å². The Kier molecular flexibility index (Phi) is 40.9. The highest BCUT2D eigenvalue weighted by Crippen LogP contribution is 2.51. The summed E-state index contributed by atoms with van der Waals surface area (Å²) in [6.45, 7) is 58.6. The maximum Gasteiger partial charge on any atom is 0.311 e. The summed E-state index contributed by atoms with van der Waals surface area (Å²) < 4.78 is 107. The molecule has 132 heavy (non-hydrogen) atoms. The molecule has 8 aliphatic carbocycles. The average Bonchev–Trinajstić information content (AvgIpc) is 1.64. The quantitative estimate of drug-likeness (QED) is 0.0497. The normalized spacial score (nSPS) is 34.7. The molecule has 24 nitrogen and oxygen atoms in total. The van der Waals surface area contributed by atoms with Crippen molar-refractivity contribution in [2.24, 2.45) is 85.8 Å². The predicted octanol–water partition coefficient (Wildman–Crippen LogP) is 23.5. The third-order valence-electron chi connectivity index (χ3n) is 32.6. The number of hydrogen-bond acceptors (Lipinski definition) is 24. The highest BCUT2D eigenvalue weighted by Gasteiger charge is 2.56. The third kappa shape index (κ3) is 31.7. The van der Waals surface area contributed by atoms with Gasteiger partial charge in [0.05, 0.1) is 146 Å². The average molecular weight is 1870 g/mol. The zero-order chi connectivity index (χ0) is 97.3. The number of rotatable bonds is 29. The summed E-state index contributed by atoms with van der Waals surface area (Å²) in [7, 11) is 0. The Bertz CT molecular complexity index is 3560. The van der Waals surface area contributed by atoms with Gasteiger partial charge in [0.1, 0.15) is 0 Å². The second kappa shape index (κ2) is 48.2. The second-order valence-corrected chi connectivity index (χ2v) is 47.7. The molecule has 6 heterocycles. The first kappa shape index (κ1) is 112. The van der Waals surface area contributed by atoms with E-state index in [1.807, 2.05) is 145 Å². The first-order valence-corrected chi connectivity index (χ1v) is 52.9. The van der Waals surface area contributed by atoms with Crippen molar-refractivity contribution in [1.29, 1.82) is 0 Å². The van der Waals surface area contributed by atoms with Gasteiger partial charge in [-0.3, -0.25) is 28.8 Å². The van der Waals surface area contributed by atoms with Crippen LogP contribution in [0.4, 0.5) is 0 Å². The summed E-state index contributed by atoms with van der Waals surface area (Å²) in [5, 5.41) is 0.